The standard InChI is InChI=1S/C15H22FN3O3S/c1-11-4-5-13(16)14(9-11)23(21,22)19-8-2-3-12(10-19)15(20)18-7-6-17/h4-5,9,12H,2-3,6-8,10,17H2,1H3,(H,18,20). The van der Waals surface area contributed by atoms with Crippen LogP contribution in [-0.4, -0.2) is 44.8 Å². The molecule has 0 bridgehead atoms. The first-order valence-corrected chi connectivity index (χ1v) is 9.04. The summed E-state index contributed by atoms with van der Waals surface area (Å²) >= 11 is 0. The Bertz CT molecular complexity index is 679. The average molecular weight is 343 g/mol. The van der Waals surface area contributed by atoms with Crippen molar-refractivity contribution in [3.63, 3.8) is 0 Å². The Hall–Kier alpha value is -1.51. The van der Waals surface area contributed by atoms with Crippen molar-refractivity contribution in [3.05, 3.63) is 29.6 Å². The monoisotopic (exact) mass is 343 g/mol. The van der Waals surface area contributed by atoms with E-state index in [4.69, 9.17) is 5.73 Å². The first-order valence-electron chi connectivity index (χ1n) is 7.60. The van der Waals surface area contributed by atoms with Gasteiger partial charge in [0.2, 0.25) is 15.9 Å². The van der Waals surface area contributed by atoms with Crippen molar-refractivity contribution in [1.82, 2.24) is 9.62 Å². The Balaban J connectivity index is 2.19. The second kappa shape index (κ2) is 7.37. The Morgan fingerprint density at radius 1 is 1.48 bits per heavy atom. The van der Waals surface area contributed by atoms with Crippen molar-refractivity contribution in [2.45, 2.75) is 24.7 Å². The fourth-order valence-corrected chi connectivity index (χ4v) is 4.33. The Kier molecular flexibility index (Phi) is 5.72. The molecule has 0 aliphatic carbocycles. The maximum Gasteiger partial charge on any atom is 0.246 e. The minimum Gasteiger partial charge on any atom is -0.355 e. The lowest BCUT2D eigenvalue weighted by molar-refractivity contribution is -0.126. The molecule has 0 aromatic heterocycles. The number of carbonyl (C=O) groups excluding carboxylic acids is 1. The first-order chi connectivity index (χ1) is 10.9. The summed E-state index contributed by atoms with van der Waals surface area (Å²) in [4.78, 5) is 11.7. The third-order valence-electron chi connectivity index (χ3n) is 3.90. The lowest BCUT2D eigenvalue weighted by atomic mass is 9.99. The summed E-state index contributed by atoms with van der Waals surface area (Å²) in [6.45, 7) is 2.74. The van der Waals surface area contributed by atoms with Crippen LogP contribution >= 0.6 is 0 Å². The van der Waals surface area contributed by atoms with E-state index in [0.717, 1.165) is 6.07 Å². The van der Waals surface area contributed by atoms with Crippen LogP contribution < -0.4 is 11.1 Å². The van der Waals surface area contributed by atoms with Crippen LogP contribution in [0.1, 0.15) is 18.4 Å². The number of piperidine rings is 1. The fourth-order valence-electron chi connectivity index (χ4n) is 2.66. The molecule has 1 aliphatic rings. The number of rotatable bonds is 5. The molecule has 0 spiro atoms. The molecule has 0 saturated carbocycles. The molecule has 1 aromatic rings. The number of amides is 1. The van der Waals surface area contributed by atoms with Gasteiger partial charge in [-0.25, -0.2) is 12.8 Å². The molecule has 1 aromatic carbocycles. The van der Waals surface area contributed by atoms with Crippen LogP contribution in [0.15, 0.2) is 23.1 Å². The average Bonchev–Trinajstić information content (AvgIpc) is 2.54. The molecule has 8 heteroatoms. The number of benzene rings is 1. The molecule has 0 radical (unpaired) electrons. The lowest BCUT2D eigenvalue weighted by Gasteiger charge is -2.31. The van der Waals surface area contributed by atoms with Gasteiger partial charge in [0.25, 0.3) is 0 Å². The van der Waals surface area contributed by atoms with Gasteiger partial charge in [-0.2, -0.15) is 4.31 Å². The molecule has 1 aliphatic heterocycles. The van der Waals surface area contributed by atoms with Gasteiger partial charge < -0.3 is 11.1 Å². The van der Waals surface area contributed by atoms with Gasteiger partial charge in [-0.1, -0.05) is 6.07 Å². The molecule has 1 amide bonds. The largest absolute Gasteiger partial charge is 0.355 e. The van der Waals surface area contributed by atoms with Gasteiger partial charge in [0.1, 0.15) is 10.7 Å². The molecule has 1 atom stereocenters. The van der Waals surface area contributed by atoms with Crippen LogP contribution in [0.4, 0.5) is 4.39 Å². The maximum atomic E-state index is 13.9. The summed E-state index contributed by atoms with van der Waals surface area (Å²) in [5, 5.41) is 2.67. The van der Waals surface area contributed by atoms with Gasteiger partial charge in [0.15, 0.2) is 0 Å². The Labute approximate surface area is 135 Å². The summed E-state index contributed by atoms with van der Waals surface area (Å²) in [6, 6.07) is 3.99. The zero-order chi connectivity index (χ0) is 17.0. The van der Waals surface area contributed by atoms with Crippen molar-refractivity contribution < 1.29 is 17.6 Å². The third kappa shape index (κ3) is 4.07. The number of nitrogens with zero attached hydrogens (tertiary/aromatic N) is 1. The number of carbonyl (C=O) groups is 1. The number of hydrogen-bond acceptors (Lipinski definition) is 4. The summed E-state index contributed by atoms with van der Waals surface area (Å²) in [7, 11) is -3.95. The zero-order valence-corrected chi connectivity index (χ0v) is 13.9. The first kappa shape index (κ1) is 17.8. The van der Waals surface area contributed by atoms with Crippen molar-refractivity contribution in [3.8, 4) is 0 Å². The smallest absolute Gasteiger partial charge is 0.246 e. The quantitative estimate of drug-likeness (QED) is 0.819. The van der Waals surface area contributed by atoms with E-state index >= 15 is 0 Å². The Morgan fingerprint density at radius 3 is 2.91 bits per heavy atom. The van der Waals surface area contributed by atoms with Gasteiger partial charge in [0, 0.05) is 26.2 Å². The van der Waals surface area contributed by atoms with Gasteiger partial charge in [0.05, 0.1) is 5.92 Å². The van der Waals surface area contributed by atoms with Crippen molar-refractivity contribution in [1.29, 1.82) is 0 Å². The van der Waals surface area contributed by atoms with Crippen LogP contribution in [0, 0.1) is 18.7 Å². The predicted molar refractivity (Wildman–Crippen MR) is 84.7 cm³/mol. The van der Waals surface area contributed by atoms with E-state index in [1.165, 1.54) is 16.4 Å². The molecule has 3 N–H and O–H groups in total. The molecule has 128 valence electrons. The highest BCUT2D eigenvalue weighted by Gasteiger charge is 2.34. The summed E-state index contributed by atoms with van der Waals surface area (Å²) in [6.07, 6.45) is 1.17. The second-order valence-electron chi connectivity index (χ2n) is 5.72. The maximum absolute atomic E-state index is 13.9. The SMILES string of the molecule is Cc1ccc(F)c(S(=O)(=O)N2CCCC(C(=O)NCCN)C2)c1. The van der Waals surface area contributed by atoms with Gasteiger partial charge >= 0.3 is 0 Å². The van der Waals surface area contributed by atoms with E-state index in [1.54, 1.807) is 6.92 Å². The van der Waals surface area contributed by atoms with Crippen molar-refractivity contribution in [2.75, 3.05) is 26.2 Å². The van der Waals surface area contributed by atoms with E-state index < -0.39 is 21.8 Å². The molecule has 23 heavy (non-hydrogen) atoms. The van der Waals surface area contributed by atoms with Crippen LogP contribution in [0.25, 0.3) is 0 Å². The molecule has 1 heterocycles. The number of aryl methyl sites for hydroxylation is 1. The summed E-state index contributed by atoms with van der Waals surface area (Å²) in [5.41, 5.74) is 6.01. The van der Waals surface area contributed by atoms with Gasteiger partial charge in [-0.3, -0.25) is 4.79 Å². The van der Waals surface area contributed by atoms with Crippen molar-refractivity contribution >= 4 is 15.9 Å². The van der Waals surface area contributed by atoms with Crippen LogP contribution in [-0.2, 0) is 14.8 Å². The minimum atomic E-state index is -3.95. The number of nitrogens with two attached hydrogens (primary N) is 1. The van der Waals surface area contributed by atoms with Crippen LogP contribution in [0.2, 0.25) is 0 Å². The van der Waals surface area contributed by atoms with E-state index in [1.807, 2.05) is 0 Å². The third-order valence-corrected chi connectivity index (χ3v) is 5.78. The molecule has 1 fully saturated rings. The molecule has 1 saturated heterocycles. The van der Waals surface area contributed by atoms with E-state index in [0.29, 0.717) is 31.5 Å². The molecular formula is C15H22FN3O3S. The molecule has 2 rings (SSSR count). The second-order valence-corrected chi connectivity index (χ2v) is 7.62. The van der Waals surface area contributed by atoms with E-state index in [-0.39, 0.29) is 23.9 Å². The van der Waals surface area contributed by atoms with Crippen molar-refractivity contribution in [2.24, 2.45) is 11.7 Å². The van der Waals surface area contributed by atoms with E-state index in [9.17, 15) is 17.6 Å². The Morgan fingerprint density at radius 2 is 2.22 bits per heavy atom. The minimum absolute atomic E-state index is 0.0616. The number of sulfonamides is 1. The number of hydrogen-bond donors (Lipinski definition) is 2. The summed E-state index contributed by atoms with van der Waals surface area (Å²) < 4.78 is 40.5. The van der Waals surface area contributed by atoms with Crippen LogP contribution in [0.5, 0.6) is 0 Å². The highest BCUT2D eigenvalue weighted by Crippen LogP contribution is 2.26. The predicted octanol–water partition coefficient (Wildman–Crippen LogP) is 0.610. The number of halogens is 1. The molecule has 6 nitrogen and oxygen atoms in total. The highest BCUT2D eigenvalue weighted by atomic mass is 32.2. The normalized spacial score (nSPS) is 19.5. The fraction of sp³-hybridized carbons (Fsp3) is 0.533. The van der Waals surface area contributed by atoms with E-state index in [2.05, 4.69) is 5.32 Å². The van der Waals surface area contributed by atoms with Gasteiger partial charge in [-0.15, -0.1) is 0 Å². The van der Waals surface area contributed by atoms with Gasteiger partial charge in [-0.05, 0) is 37.5 Å². The molecule has 1 unspecified atom stereocenters. The molecular weight excluding hydrogens is 321 g/mol. The number of nitrogens with one attached hydrogen (secondary N) is 1. The topological polar surface area (TPSA) is 92.5 Å². The van der Waals surface area contributed by atoms with Crippen LogP contribution in [0.3, 0.4) is 0 Å². The zero-order valence-electron chi connectivity index (χ0n) is 13.1. The summed E-state index contributed by atoms with van der Waals surface area (Å²) in [5.74, 6) is -1.41. The lowest BCUT2D eigenvalue weighted by Crippen LogP contribution is -2.46. The highest BCUT2D eigenvalue weighted by molar-refractivity contribution is 7.89.